The molecule has 0 unspecified atom stereocenters. The lowest BCUT2D eigenvalue weighted by Gasteiger charge is -2.34. The Bertz CT molecular complexity index is 1200. The Labute approximate surface area is 174 Å². The van der Waals surface area contributed by atoms with Gasteiger partial charge in [-0.25, -0.2) is 4.98 Å². The summed E-state index contributed by atoms with van der Waals surface area (Å²) < 4.78 is 3.37. The van der Waals surface area contributed by atoms with Crippen LogP contribution in [0.4, 0.5) is 0 Å². The topological polar surface area (TPSA) is 40.9 Å². The molecular formula is C23H24N4OS. The summed E-state index contributed by atoms with van der Waals surface area (Å²) in [4.78, 5) is 22.2. The highest BCUT2D eigenvalue weighted by atomic mass is 32.1. The van der Waals surface area contributed by atoms with Gasteiger partial charge in [0.2, 0.25) is 0 Å². The molecule has 0 N–H and O–H groups in total. The lowest BCUT2D eigenvalue weighted by atomic mass is 10.1. The third-order valence-corrected chi connectivity index (χ3v) is 6.79. The number of piperazine rings is 1. The Kier molecular flexibility index (Phi) is 4.60. The number of pyridine rings is 1. The number of thiophene rings is 1. The predicted octanol–water partition coefficient (Wildman–Crippen LogP) is 4.12. The fraction of sp³-hybridized carbons (Fsp3) is 0.304. The molecule has 4 heterocycles. The predicted molar refractivity (Wildman–Crippen MR) is 118 cm³/mol. The molecule has 0 atom stereocenters. The number of benzene rings is 1. The van der Waals surface area contributed by atoms with Crippen LogP contribution in [0.1, 0.15) is 27.3 Å². The molecule has 29 heavy (non-hydrogen) atoms. The van der Waals surface area contributed by atoms with E-state index in [1.807, 2.05) is 28.5 Å². The lowest BCUT2D eigenvalue weighted by molar-refractivity contribution is 0.0629. The molecule has 0 saturated carbocycles. The minimum absolute atomic E-state index is 0.156. The summed E-state index contributed by atoms with van der Waals surface area (Å²) in [5.74, 6) is 0.156. The van der Waals surface area contributed by atoms with Crippen molar-refractivity contribution < 1.29 is 4.79 Å². The molecule has 0 aliphatic carbocycles. The molecule has 0 radical (unpaired) electrons. The summed E-state index contributed by atoms with van der Waals surface area (Å²) in [5.41, 5.74) is 5.40. The number of aromatic nitrogens is 2. The maximum Gasteiger partial charge on any atom is 0.255 e. The second kappa shape index (κ2) is 7.28. The van der Waals surface area contributed by atoms with Crippen molar-refractivity contribution in [2.75, 3.05) is 26.2 Å². The van der Waals surface area contributed by atoms with Crippen molar-refractivity contribution in [3.8, 4) is 0 Å². The third kappa shape index (κ3) is 3.32. The minimum atomic E-state index is 0.156. The van der Waals surface area contributed by atoms with E-state index >= 15 is 0 Å². The highest BCUT2D eigenvalue weighted by Gasteiger charge is 2.25. The van der Waals surface area contributed by atoms with Gasteiger partial charge in [0.15, 0.2) is 0 Å². The van der Waals surface area contributed by atoms with Crippen LogP contribution >= 0.6 is 11.3 Å². The van der Waals surface area contributed by atoms with Crippen LogP contribution in [0.3, 0.4) is 0 Å². The van der Waals surface area contributed by atoms with Gasteiger partial charge in [0.25, 0.3) is 5.91 Å². The molecular weight excluding hydrogens is 380 g/mol. The van der Waals surface area contributed by atoms with Gasteiger partial charge in [0.1, 0.15) is 5.65 Å². The van der Waals surface area contributed by atoms with Crippen molar-refractivity contribution in [1.29, 1.82) is 0 Å². The Balaban J connectivity index is 1.28. The van der Waals surface area contributed by atoms with Crippen molar-refractivity contribution in [2.45, 2.75) is 20.4 Å². The largest absolute Gasteiger partial charge is 0.336 e. The first-order chi connectivity index (χ1) is 14.1. The Hall–Kier alpha value is -2.70. The summed E-state index contributed by atoms with van der Waals surface area (Å²) in [6.07, 6.45) is 2.11. The number of amides is 1. The number of nitrogens with zero attached hydrogens (tertiary/aromatic N) is 4. The number of imidazole rings is 1. The van der Waals surface area contributed by atoms with Gasteiger partial charge in [-0.05, 0) is 37.6 Å². The summed E-state index contributed by atoms with van der Waals surface area (Å²) in [6, 6.07) is 12.4. The van der Waals surface area contributed by atoms with Gasteiger partial charge < -0.3 is 9.30 Å². The number of hydrogen-bond donors (Lipinski definition) is 0. The summed E-state index contributed by atoms with van der Waals surface area (Å²) >= 11 is 1.65. The first-order valence-corrected chi connectivity index (χ1v) is 10.9. The van der Waals surface area contributed by atoms with Gasteiger partial charge in [-0.1, -0.05) is 18.2 Å². The number of rotatable bonds is 3. The molecule has 1 aliphatic rings. The molecule has 0 bridgehead atoms. The highest BCUT2D eigenvalue weighted by Crippen LogP contribution is 2.27. The smallest absolute Gasteiger partial charge is 0.255 e. The van der Waals surface area contributed by atoms with Crippen LogP contribution in [0, 0.1) is 13.8 Å². The second-order valence-corrected chi connectivity index (χ2v) is 8.70. The van der Waals surface area contributed by atoms with E-state index < -0.39 is 0 Å². The number of carbonyl (C=O) groups is 1. The maximum atomic E-state index is 13.1. The van der Waals surface area contributed by atoms with E-state index in [1.54, 1.807) is 11.3 Å². The van der Waals surface area contributed by atoms with E-state index in [0.717, 1.165) is 55.0 Å². The molecule has 3 aromatic heterocycles. The van der Waals surface area contributed by atoms with E-state index in [2.05, 4.69) is 47.5 Å². The van der Waals surface area contributed by atoms with Crippen LogP contribution in [0.25, 0.3) is 15.7 Å². The highest BCUT2D eigenvalue weighted by molar-refractivity contribution is 7.17. The zero-order chi connectivity index (χ0) is 20.0. The fourth-order valence-electron chi connectivity index (χ4n) is 4.14. The van der Waals surface area contributed by atoms with Crippen LogP contribution < -0.4 is 0 Å². The average Bonchev–Trinajstić information content (AvgIpc) is 3.29. The first kappa shape index (κ1) is 18.3. The first-order valence-electron chi connectivity index (χ1n) is 10.0. The Morgan fingerprint density at radius 1 is 1.10 bits per heavy atom. The molecule has 0 spiro atoms. The van der Waals surface area contributed by atoms with E-state index in [4.69, 9.17) is 4.98 Å². The number of hydrogen-bond acceptors (Lipinski definition) is 4. The molecule has 1 aromatic carbocycles. The minimum Gasteiger partial charge on any atom is -0.336 e. The Morgan fingerprint density at radius 3 is 2.72 bits per heavy atom. The molecule has 6 heteroatoms. The molecule has 5 rings (SSSR count). The van der Waals surface area contributed by atoms with E-state index in [-0.39, 0.29) is 5.91 Å². The molecule has 1 aliphatic heterocycles. The average molecular weight is 405 g/mol. The van der Waals surface area contributed by atoms with Crippen LogP contribution in [-0.4, -0.2) is 51.3 Å². The Morgan fingerprint density at radius 2 is 1.90 bits per heavy atom. The van der Waals surface area contributed by atoms with Crippen molar-refractivity contribution in [2.24, 2.45) is 0 Å². The van der Waals surface area contributed by atoms with Gasteiger partial charge in [-0.3, -0.25) is 9.69 Å². The maximum absolute atomic E-state index is 13.1. The quantitative estimate of drug-likeness (QED) is 0.516. The molecule has 1 saturated heterocycles. The number of carbonyl (C=O) groups excluding carboxylic acids is 1. The fourth-order valence-corrected chi connectivity index (χ4v) is 5.07. The molecule has 1 fully saturated rings. The molecule has 5 nitrogen and oxygen atoms in total. The van der Waals surface area contributed by atoms with E-state index in [1.165, 1.54) is 16.0 Å². The van der Waals surface area contributed by atoms with Crippen LogP contribution in [0.15, 0.2) is 48.0 Å². The third-order valence-electron chi connectivity index (χ3n) is 5.83. The van der Waals surface area contributed by atoms with Crippen LogP contribution in [0.2, 0.25) is 0 Å². The zero-order valence-electron chi connectivity index (χ0n) is 16.8. The van der Waals surface area contributed by atoms with Crippen molar-refractivity contribution in [1.82, 2.24) is 19.2 Å². The lowest BCUT2D eigenvalue weighted by Crippen LogP contribution is -2.48. The summed E-state index contributed by atoms with van der Waals surface area (Å²) in [6.45, 7) is 8.32. The molecule has 1 amide bonds. The number of fused-ring (bicyclic) bond motifs is 2. The van der Waals surface area contributed by atoms with E-state index in [9.17, 15) is 4.79 Å². The molecule has 4 aromatic rings. The molecule has 148 valence electrons. The van der Waals surface area contributed by atoms with E-state index in [0.29, 0.717) is 0 Å². The van der Waals surface area contributed by atoms with Gasteiger partial charge in [-0.15, -0.1) is 11.3 Å². The monoisotopic (exact) mass is 404 g/mol. The van der Waals surface area contributed by atoms with Gasteiger partial charge in [-0.2, -0.15) is 0 Å². The standard InChI is InChI=1S/C23H24N4OS/c1-16-7-8-27-20(17(2)24-22(27)13-16)14-25-9-11-26(12-10-25)23(28)19-15-29-21-6-4-3-5-18(19)21/h3-8,13,15H,9-12,14H2,1-2H3. The van der Waals surface area contributed by atoms with Crippen LogP contribution in [-0.2, 0) is 6.54 Å². The normalized spacial score (nSPS) is 15.4. The van der Waals surface area contributed by atoms with Gasteiger partial charge in [0, 0.05) is 54.4 Å². The van der Waals surface area contributed by atoms with Crippen molar-refractivity contribution >= 4 is 33.0 Å². The SMILES string of the molecule is Cc1ccn2c(CN3CCN(C(=O)c4csc5ccccc45)CC3)c(C)nc2c1. The summed E-state index contributed by atoms with van der Waals surface area (Å²) in [7, 11) is 0. The summed E-state index contributed by atoms with van der Waals surface area (Å²) in [5, 5.41) is 3.07. The second-order valence-electron chi connectivity index (χ2n) is 7.79. The zero-order valence-corrected chi connectivity index (χ0v) is 17.6. The number of aryl methyl sites for hydroxylation is 2. The van der Waals surface area contributed by atoms with Gasteiger partial charge in [0.05, 0.1) is 17.0 Å². The van der Waals surface area contributed by atoms with Gasteiger partial charge >= 0.3 is 0 Å². The van der Waals surface area contributed by atoms with Crippen molar-refractivity contribution in [3.05, 3.63) is 70.5 Å². The van der Waals surface area contributed by atoms with Crippen LogP contribution in [0.5, 0.6) is 0 Å². The van der Waals surface area contributed by atoms with Crippen molar-refractivity contribution in [3.63, 3.8) is 0 Å².